The number of aromatic nitrogens is 1. The van der Waals surface area contributed by atoms with E-state index in [1.165, 1.54) is 12.4 Å². The first-order valence-electron chi connectivity index (χ1n) is 9.58. The Labute approximate surface area is 169 Å². The van der Waals surface area contributed by atoms with Crippen LogP contribution < -0.4 is 15.4 Å². The first kappa shape index (κ1) is 20.5. The molecule has 3 N–H and O–H groups in total. The normalized spacial score (nSPS) is 16.0. The van der Waals surface area contributed by atoms with Crippen molar-refractivity contribution >= 4 is 29.3 Å². The Hall–Kier alpha value is -3.26. The van der Waals surface area contributed by atoms with Gasteiger partial charge in [-0.3, -0.25) is 20.0 Å². The van der Waals surface area contributed by atoms with Gasteiger partial charge in [-0.15, -0.1) is 0 Å². The smallest absolute Gasteiger partial charge is 0.224 e. The van der Waals surface area contributed by atoms with Crippen molar-refractivity contribution in [2.24, 2.45) is 0 Å². The number of carbonyl (C=O) groups excluding carboxylic acids is 2. The summed E-state index contributed by atoms with van der Waals surface area (Å²) < 4.78 is 11.5. The first-order chi connectivity index (χ1) is 14.1. The molecular weight excluding hydrogens is 372 g/mol. The fraction of sp³-hybridized carbons (Fsp3) is 0.333. The van der Waals surface area contributed by atoms with E-state index in [2.05, 4.69) is 15.6 Å². The van der Waals surface area contributed by atoms with E-state index in [0.717, 1.165) is 19.3 Å². The first-order valence-corrected chi connectivity index (χ1v) is 9.58. The molecule has 1 saturated heterocycles. The summed E-state index contributed by atoms with van der Waals surface area (Å²) in [4.78, 5) is 26.8. The predicted octanol–water partition coefficient (Wildman–Crippen LogP) is 3.73. The number of carbonyl (C=O) groups is 2. The molecule has 3 rings (SSSR count). The lowest BCUT2D eigenvalue weighted by atomic mass is 10.1. The zero-order valence-electron chi connectivity index (χ0n) is 16.2. The van der Waals surface area contributed by atoms with Gasteiger partial charge in [0.1, 0.15) is 23.4 Å². The maximum Gasteiger partial charge on any atom is 0.224 e. The molecule has 8 heteroatoms. The molecule has 1 aromatic heterocycles. The Kier molecular flexibility index (Phi) is 6.91. The van der Waals surface area contributed by atoms with Gasteiger partial charge in [0.05, 0.1) is 18.1 Å². The second-order valence-electron chi connectivity index (χ2n) is 6.65. The van der Waals surface area contributed by atoms with Crippen LogP contribution in [0.5, 0.6) is 11.5 Å². The third-order valence-electron chi connectivity index (χ3n) is 4.45. The summed E-state index contributed by atoms with van der Waals surface area (Å²) in [7, 11) is 0. The SMILES string of the molecule is CCC(=O)Nc1cncc(Oc2ccc(NC3CCCCO3)c(C(=N)C=O)c2)c1. The summed E-state index contributed by atoms with van der Waals surface area (Å²) in [5.74, 6) is 0.757. The van der Waals surface area contributed by atoms with E-state index in [1.54, 1.807) is 31.2 Å². The maximum atomic E-state index is 11.6. The van der Waals surface area contributed by atoms with Gasteiger partial charge in [0.25, 0.3) is 0 Å². The maximum absolute atomic E-state index is 11.6. The number of nitrogens with one attached hydrogen (secondary N) is 3. The summed E-state index contributed by atoms with van der Waals surface area (Å²) in [6, 6.07) is 6.79. The van der Waals surface area contributed by atoms with Gasteiger partial charge in [-0.1, -0.05) is 6.92 Å². The largest absolute Gasteiger partial charge is 0.456 e. The Morgan fingerprint density at radius 2 is 2.17 bits per heavy atom. The predicted molar refractivity (Wildman–Crippen MR) is 110 cm³/mol. The zero-order chi connectivity index (χ0) is 20.6. The summed E-state index contributed by atoms with van der Waals surface area (Å²) in [6.07, 6.45) is 6.74. The minimum Gasteiger partial charge on any atom is -0.456 e. The zero-order valence-corrected chi connectivity index (χ0v) is 16.2. The minimum atomic E-state index is -0.157. The molecule has 1 aromatic carbocycles. The van der Waals surface area contributed by atoms with Crippen LogP contribution in [0.4, 0.5) is 11.4 Å². The third kappa shape index (κ3) is 5.61. The highest BCUT2D eigenvalue weighted by Gasteiger charge is 2.17. The molecule has 0 bridgehead atoms. The van der Waals surface area contributed by atoms with E-state index in [0.29, 0.717) is 47.8 Å². The summed E-state index contributed by atoms with van der Waals surface area (Å²) in [6.45, 7) is 2.46. The van der Waals surface area contributed by atoms with Crippen LogP contribution >= 0.6 is 0 Å². The molecular formula is C21H24N4O4. The van der Waals surface area contributed by atoms with Crippen LogP contribution in [0.15, 0.2) is 36.7 Å². The van der Waals surface area contributed by atoms with E-state index in [1.807, 2.05) is 0 Å². The van der Waals surface area contributed by atoms with Crippen LogP contribution in [-0.4, -0.2) is 35.7 Å². The van der Waals surface area contributed by atoms with Gasteiger partial charge in [0.2, 0.25) is 5.91 Å². The Morgan fingerprint density at radius 1 is 1.31 bits per heavy atom. The van der Waals surface area contributed by atoms with Crippen LogP contribution in [0, 0.1) is 5.41 Å². The monoisotopic (exact) mass is 396 g/mol. The van der Waals surface area contributed by atoms with Gasteiger partial charge >= 0.3 is 0 Å². The third-order valence-corrected chi connectivity index (χ3v) is 4.45. The number of nitrogens with zero attached hydrogens (tertiary/aromatic N) is 1. The Balaban J connectivity index is 1.79. The lowest BCUT2D eigenvalue weighted by molar-refractivity contribution is -0.115. The second kappa shape index (κ2) is 9.79. The number of amides is 1. The van der Waals surface area contributed by atoms with Crippen molar-refractivity contribution in [3.8, 4) is 11.5 Å². The number of benzene rings is 1. The molecule has 29 heavy (non-hydrogen) atoms. The molecule has 2 aromatic rings. The van der Waals surface area contributed by atoms with Crippen molar-refractivity contribution in [3.63, 3.8) is 0 Å². The molecule has 0 spiro atoms. The van der Waals surface area contributed by atoms with E-state index in [9.17, 15) is 9.59 Å². The van der Waals surface area contributed by atoms with Gasteiger partial charge < -0.3 is 20.1 Å². The molecule has 1 aliphatic rings. The number of rotatable bonds is 8. The Morgan fingerprint density at radius 3 is 2.90 bits per heavy atom. The summed E-state index contributed by atoms with van der Waals surface area (Å²) in [5.41, 5.74) is 1.44. The standard InChI is InChI=1S/C21H24N4O4/c1-2-20(27)24-14-9-16(12-23-11-14)29-15-6-7-19(17(10-15)18(22)13-26)25-21-5-3-4-8-28-21/h6-7,9-13,21-22,25H,2-5,8H2,1H3,(H,24,27). The number of anilines is 2. The van der Waals surface area contributed by atoms with E-state index in [-0.39, 0.29) is 17.8 Å². The van der Waals surface area contributed by atoms with Crippen molar-refractivity contribution in [2.75, 3.05) is 17.2 Å². The molecule has 0 aliphatic carbocycles. The molecule has 1 fully saturated rings. The van der Waals surface area contributed by atoms with Gasteiger partial charge in [-0.2, -0.15) is 0 Å². The topological polar surface area (TPSA) is 113 Å². The van der Waals surface area contributed by atoms with Gasteiger partial charge in [-0.05, 0) is 37.5 Å². The minimum absolute atomic E-state index is 0.119. The van der Waals surface area contributed by atoms with Crippen LogP contribution in [0.25, 0.3) is 0 Å². The highest BCUT2D eigenvalue weighted by Crippen LogP contribution is 2.29. The van der Waals surface area contributed by atoms with E-state index >= 15 is 0 Å². The summed E-state index contributed by atoms with van der Waals surface area (Å²) >= 11 is 0. The molecule has 2 heterocycles. The lowest BCUT2D eigenvalue weighted by Crippen LogP contribution is -2.28. The molecule has 0 saturated carbocycles. The number of pyridine rings is 1. The van der Waals surface area contributed by atoms with Crippen LogP contribution in [0.3, 0.4) is 0 Å². The number of hydrogen-bond acceptors (Lipinski definition) is 7. The molecule has 8 nitrogen and oxygen atoms in total. The van der Waals surface area contributed by atoms with Crippen LogP contribution in [-0.2, 0) is 14.3 Å². The molecule has 1 amide bonds. The molecule has 1 unspecified atom stereocenters. The lowest BCUT2D eigenvalue weighted by Gasteiger charge is -2.25. The summed E-state index contributed by atoms with van der Waals surface area (Å²) in [5, 5.41) is 14.0. The van der Waals surface area contributed by atoms with E-state index < -0.39 is 0 Å². The molecule has 152 valence electrons. The average molecular weight is 396 g/mol. The second-order valence-corrected chi connectivity index (χ2v) is 6.65. The molecule has 1 aliphatic heterocycles. The van der Waals surface area contributed by atoms with Crippen molar-refractivity contribution < 1.29 is 19.1 Å². The molecule has 0 radical (unpaired) electrons. The fourth-order valence-corrected chi connectivity index (χ4v) is 2.96. The quantitative estimate of drug-likeness (QED) is 0.463. The van der Waals surface area contributed by atoms with Crippen molar-refractivity contribution in [1.29, 1.82) is 5.41 Å². The van der Waals surface area contributed by atoms with Crippen molar-refractivity contribution in [1.82, 2.24) is 4.98 Å². The number of ether oxygens (including phenoxy) is 2. The van der Waals surface area contributed by atoms with Gasteiger partial charge in [0, 0.05) is 30.3 Å². The van der Waals surface area contributed by atoms with E-state index in [4.69, 9.17) is 14.9 Å². The van der Waals surface area contributed by atoms with Crippen molar-refractivity contribution in [3.05, 3.63) is 42.2 Å². The number of aldehydes is 1. The van der Waals surface area contributed by atoms with Crippen LogP contribution in [0.2, 0.25) is 0 Å². The highest BCUT2D eigenvalue weighted by atomic mass is 16.5. The van der Waals surface area contributed by atoms with Gasteiger partial charge in [-0.25, -0.2) is 0 Å². The number of hydrogen-bond donors (Lipinski definition) is 3. The molecule has 1 atom stereocenters. The highest BCUT2D eigenvalue weighted by molar-refractivity contribution is 6.36. The van der Waals surface area contributed by atoms with Crippen LogP contribution in [0.1, 0.15) is 38.2 Å². The fourth-order valence-electron chi connectivity index (χ4n) is 2.96. The Bertz CT molecular complexity index is 894. The van der Waals surface area contributed by atoms with Crippen molar-refractivity contribution in [2.45, 2.75) is 38.8 Å². The average Bonchev–Trinajstić information content (AvgIpc) is 2.75. The van der Waals surface area contributed by atoms with Gasteiger partial charge in [0.15, 0.2) is 6.29 Å².